The molecule has 3 heterocycles. The summed E-state index contributed by atoms with van der Waals surface area (Å²) in [6.45, 7) is 4.72. The predicted octanol–water partition coefficient (Wildman–Crippen LogP) is 4.04. The van der Waals surface area contributed by atoms with Gasteiger partial charge < -0.3 is 15.4 Å². The molecule has 3 aromatic rings. The van der Waals surface area contributed by atoms with Gasteiger partial charge >= 0.3 is 0 Å². The van der Waals surface area contributed by atoms with Gasteiger partial charge in [-0.2, -0.15) is 14.6 Å². The number of hydrogen-bond donors (Lipinski definition) is 2. The molecular weight excluding hydrogens is 658 g/mol. The van der Waals surface area contributed by atoms with Crippen molar-refractivity contribution in [2.45, 2.75) is 65.3 Å². The van der Waals surface area contributed by atoms with Gasteiger partial charge in [0.25, 0.3) is 5.91 Å². The molecule has 2 fully saturated rings. The molecule has 0 radical (unpaired) electrons. The zero-order valence-electron chi connectivity index (χ0n) is 28.7. The molecule has 264 valence electrons. The third-order valence-electron chi connectivity index (χ3n) is 8.90. The zero-order valence-corrected chi connectivity index (χ0v) is 30.3. The molecule has 2 aliphatic rings. The van der Waals surface area contributed by atoms with Crippen LogP contribution in [0.2, 0.25) is 0 Å². The minimum absolute atomic E-state index is 0.0128. The Morgan fingerprint density at radius 2 is 1.73 bits per heavy atom. The second kappa shape index (κ2) is 14.7. The van der Waals surface area contributed by atoms with Crippen molar-refractivity contribution >= 4 is 37.5 Å². The SMILES string of the molecule is CCc1c(-c2ccc(NC(=O)[C@@H](NC(=O)c3ccnn3CCS(C)(=O)=O)C(C3CC3)C3CC3)nc2F)c(C)nn1COCCS(C)(C)C. The standard InChI is InChI=1S/C33H48FN7O5S2/c1-7-25-28(21(2)39-41(25)20-46-17-19-47(3,4)5)24-12-13-27(36-31(24)34)37-33(43)30(29(22-8-9-22)23-10-11-23)38-32(42)26-14-15-35-40(26)16-18-48(6,44)45/h12-15,22-23,29-30H,7-11,16-20H2,1-6H3,(H,38,42)(H,36,37,43)/t30-/m0/s1. The molecule has 0 unspecified atom stereocenters. The van der Waals surface area contributed by atoms with Crippen LogP contribution in [0.5, 0.6) is 0 Å². The lowest BCUT2D eigenvalue weighted by Crippen LogP contribution is -2.50. The van der Waals surface area contributed by atoms with Gasteiger partial charge in [0.2, 0.25) is 11.9 Å². The van der Waals surface area contributed by atoms with E-state index in [9.17, 15) is 18.0 Å². The number of pyridine rings is 1. The van der Waals surface area contributed by atoms with Crippen molar-refractivity contribution in [2.24, 2.45) is 17.8 Å². The maximum absolute atomic E-state index is 15.7. The van der Waals surface area contributed by atoms with Crippen molar-refractivity contribution in [3.8, 4) is 11.1 Å². The Kier molecular flexibility index (Phi) is 11.0. The van der Waals surface area contributed by atoms with Crippen LogP contribution in [0, 0.1) is 30.6 Å². The van der Waals surface area contributed by atoms with Crippen LogP contribution in [0.1, 0.15) is 54.5 Å². The van der Waals surface area contributed by atoms with E-state index < -0.39 is 43.7 Å². The lowest BCUT2D eigenvalue weighted by atomic mass is 9.88. The second-order valence-corrected chi connectivity index (χ2v) is 20.7. The summed E-state index contributed by atoms with van der Waals surface area (Å²) < 4.78 is 48.2. The van der Waals surface area contributed by atoms with Gasteiger partial charge in [0, 0.05) is 35.0 Å². The quantitative estimate of drug-likeness (QED) is 0.158. The highest BCUT2D eigenvalue weighted by Crippen LogP contribution is 2.51. The molecule has 5 rings (SSSR count). The number of nitrogens with one attached hydrogen (secondary N) is 2. The predicted molar refractivity (Wildman–Crippen MR) is 186 cm³/mol. The van der Waals surface area contributed by atoms with Crippen LogP contribution in [0.3, 0.4) is 0 Å². The summed E-state index contributed by atoms with van der Waals surface area (Å²) in [5.41, 5.74) is 2.60. The maximum atomic E-state index is 15.7. The van der Waals surface area contributed by atoms with Crippen LogP contribution >= 0.6 is 10.0 Å². The first-order chi connectivity index (χ1) is 22.6. The van der Waals surface area contributed by atoms with E-state index in [0.29, 0.717) is 36.1 Å². The number of anilines is 1. The highest BCUT2D eigenvalue weighted by Gasteiger charge is 2.48. The fourth-order valence-corrected chi connectivity index (χ4v) is 7.32. The number of aromatic nitrogens is 5. The molecule has 0 aromatic carbocycles. The van der Waals surface area contributed by atoms with Crippen molar-refractivity contribution in [2.75, 3.05) is 48.5 Å². The number of carbonyl (C=O) groups is 2. The fourth-order valence-electron chi connectivity index (χ4n) is 6.20. The summed E-state index contributed by atoms with van der Waals surface area (Å²) in [5, 5.41) is 14.4. The molecule has 2 amide bonds. The number of sulfone groups is 1. The Hall–Kier alpha value is -3.30. The van der Waals surface area contributed by atoms with Crippen LogP contribution in [0.4, 0.5) is 10.2 Å². The fraction of sp³-hybridized carbons (Fsp3) is 0.606. The van der Waals surface area contributed by atoms with E-state index in [0.717, 1.165) is 43.4 Å². The van der Waals surface area contributed by atoms with Crippen LogP contribution in [-0.4, -0.2) is 94.0 Å². The summed E-state index contributed by atoms with van der Waals surface area (Å²) in [4.78, 5) is 31.5. The number of rotatable bonds is 17. The van der Waals surface area contributed by atoms with Gasteiger partial charge in [-0.15, -0.1) is 0 Å². The van der Waals surface area contributed by atoms with Crippen molar-refractivity contribution < 1.29 is 27.1 Å². The zero-order chi connectivity index (χ0) is 34.8. The first kappa shape index (κ1) is 36.0. The van der Waals surface area contributed by atoms with Gasteiger partial charge in [0.15, 0.2) is 0 Å². The van der Waals surface area contributed by atoms with E-state index in [1.807, 2.05) is 13.8 Å². The third-order valence-corrected chi connectivity index (χ3v) is 11.2. The lowest BCUT2D eigenvalue weighted by molar-refractivity contribution is -0.119. The van der Waals surface area contributed by atoms with Crippen LogP contribution in [-0.2, 0) is 39.1 Å². The van der Waals surface area contributed by atoms with Gasteiger partial charge in [-0.25, -0.2) is 28.1 Å². The first-order valence-electron chi connectivity index (χ1n) is 16.4. The van der Waals surface area contributed by atoms with Gasteiger partial charge in [-0.05, 0) is 93.7 Å². The van der Waals surface area contributed by atoms with Crippen LogP contribution < -0.4 is 10.6 Å². The van der Waals surface area contributed by atoms with E-state index in [2.05, 4.69) is 44.6 Å². The third kappa shape index (κ3) is 9.23. The Morgan fingerprint density at radius 1 is 1.04 bits per heavy atom. The minimum Gasteiger partial charge on any atom is -0.358 e. The molecule has 15 heteroatoms. The maximum Gasteiger partial charge on any atom is 0.270 e. The van der Waals surface area contributed by atoms with Gasteiger partial charge in [0.05, 0.1) is 24.6 Å². The normalized spacial score (nSPS) is 16.2. The number of hydrogen-bond acceptors (Lipinski definition) is 8. The number of aryl methyl sites for hydroxylation is 2. The molecule has 3 aromatic heterocycles. The van der Waals surface area contributed by atoms with Gasteiger partial charge in [0.1, 0.15) is 34.1 Å². The number of nitrogens with zero attached hydrogens (tertiary/aromatic N) is 5. The highest BCUT2D eigenvalue weighted by atomic mass is 32.3. The van der Waals surface area contributed by atoms with E-state index in [4.69, 9.17) is 4.74 Å². The number of ether oxygens (including phenoxy) is 1. The van der Waals surface area contributed by atoms with Crippen molar-refractivity contribution in [1.82, 2.24) is 29.9 Å². The van der Waals surface area contributed by atoms with Gasteiger partial charge in [-0.1, -0.05) is 6.92 Å². The molecular formula is C33H48FN7O5S2. The van der Waals surface area contributed by atoms with E-state index in [1.54, 1.807) is 16.8 Å². The summed E-state index contributed by atoms with van der Waals surface area (Å²) in [5.74, 6) is -0.340. The van der Waals surface area contributed by atoms with Crippen molar-refractivity contribution in [3.05, 3.63) is 47.4 Å². The monoisotopic (exact) mass is 705 g/mol. The Balaban J connectivity index is 1.33. The topological polar surface area (TPSA) is 150 Å². The molecule has 0 saturated heterocycles. The van der Waals surface area contributed by atoms with Crippen molar-refractivity contribution in [1.29, 1.82) is 0 Å². The Morgan fingerprint density at radius 3 is 2.31 bits per heavy atom. The Bertz CT molecular complexity index is 1730. The highest BCUT2D eigenvalue weighted by molar-refractivity contribution is 8.32. The molecule has 2 aliphatic carbocycles. The van der Waals surface area contributed by atoms with Crippen LogP contribution in [0.25, 0.3) is 11.1 Å². The van der Waals surface area contributed by atoms with E-state index >= 15 is 4.39 Å². The lowest BCUT2D eigenvalue weighted by Gasteiger charge is -2.27. The van der Waals surface area contributed by atoms with Gasteiger partial charge in [-0.3, -0.25) is 14.3 Å². The van der Waals surface area contributed by atoms with Crippen LogP contribution in [0.15, 0.2) is 24.4 Å². The summed E-state index contributed by atoms with van der Waals surface area (Å²) >= 11 is 0. The second-order valence-electron chi connectivity index (χ2n) is 13.9. The average molecular weight is 706 g/mol. The number of carbonyl (C=O) groups excluding carboxylic acids is 2. The average Bonchev–Trinajstić information content (AvgIpc) is 3.94. The molecule has 12 nitrogen and oxygen atoms in total. The largest absolute Gasteiger partial charge is 0.358 e. The first-order valence-corrected chi connectivity index (χ1v) is 21.5. The summed E-state index contributed by atoms with van der Waals surface area (Å²) in [7, 11) is -3.96. The Labute approximate surface area is 283 Å². The molecule has 0 bridgehead atoms. The van der Waals surface area contributed by atoms with E-state index in [1.165, 1.54) is 16.9 Å². The summed E-state index contributed by atoms with van der Waals surface area (Å²) in [6.07, 6.45) is 13.8. The number of amides is 2. The van der Waals surface area contributed by atoms with Crippen molar-refractivity contribution in [3.63, 3.8) is 0 Å². The molecule has 2 N–H and O–H groups in total. The summed E-state index contributed by atoms with van der Waals surface area (Å²) in [6, 6.07) is 3.78. The minimum atomic E-state index is -3.28. The smallest absolute Gasteiger partial charge is 0.270 e. The molecule has 1 atom stereocenters. The number of halogens is 1. The van der Waals surface area contributed by atoms with E-state index in [-0.39, 0.29) is 42.0 Å². The molecule has 48 heavy (non-hydrogen) atoms. The molecule has 2 saturated carbocycles. The molecule has 0 spiro atoms. The molecule has 0 aliphatic heterocycles.